The monoisotopic (exact) mass is 231 g/mol. The van der Waals surface area contributed by atoms with Crippen molar-refractivity contribution in [3.05, 3.63) is 24.3 Å². The van der Waals surface area contributed by atoms with Crippen molar-refractivity contribution in [1.29, 1.82) is 0 Å². The van der Waals surface area contributed by atoms with Gasteiger partial charge < -0.3 is 25.4 Å². The molecule has 5 nitrogen and oxygen atoms in total. The van der Waals surface area contributed by atoms with Crippen LogP contribution in [0.1, 0.15) is 0 Å². The van der Waals surface area contributed by atoms with Gasteiger partial charge in [-0.1, -0.05) is 12.1 Å². The maximum atomic E-state index is 9.71. The van der Waals surface area contributed by atoms with Gasteiger partial charge in [0.2, 0.25) is 5.75 Å². The van der Waals surface area contributed by atoms with Gasteiger partial charge in [0.05, 0.1) is 11.0 Å². The second-order valence-corrected chi connectivity index (χ2v) is 3.84. The lowest BCUT2D eigenvalue weighted by atomic mass is 10.1. The fraction of sp³-hybridized carbons (Fsp3) is 0. The molecule has 0 amide bonds. The molecule has 0 aliphatic rings. The standard InChI is InChI=1S/C12H9NO4/c14-7-3-1-2-5-6-4-8(15)11(16)12(17)10(6)13-9(5)7/h1-4,13-17H. The first-order valence-corrected chi connectivity index (χ1v) is 4.97. The van der Waals surface area contributed by atoms with E-state index in [0.29, 0.717) is 16.3 Å². The predicted molar refractivity (Wildman–Crippen MR) is 62.5 cm³/mol. The number of hydrogen-bond donors (Lipinski definition) is 5. The summed E-state index contributed by atoms with van der Waals surface area (Å²) in [5, 5.41) is 39.4. The first-order valence-electron chi connectivity index (χ1n) is 4.97. The van der Waals surface area contributed by atoms with Crippen LogP contribution in [0.15, 0.2) is 24.3 Å². The topological polar surface area (TPSA) is 96.7 Å². The highest BCUT2D eigenvalue weighted by atomic mass is 16.3. The molecule has 0 aliphatic heterocycles. The van der Waals surface area contributed by atoms with Gasteiger partial charge in [0.1, 0.15) is 5.75 Å². The number of aromatic hydroxyl groups is 4. The Morgan fingerprint density at radius 3 is 2.29 bits per heavy atom. The van der Waals surface area contributed by atoms with Gasteiger partial charge in [0.25, 0.3) is 0 Å². The van der Waals surface area contributed by atoms with Crippen molar-refractivity contribution in [3.8, 4) is 23.0 Å². The van der Waals surface area contributed by atoms with E-state index in [4.69, 9.17) is 0 Å². The molecule has 5 N–H and O–H groups in total. The Morgan fingerprint density at radius 2 is 1.53 bits per heavy atom. The summed E-state index contributed by atoms with van der Waals surface area (Å²) in [5.41, 5.74) is 0.722. The van der Waals surface area contributed by atoms with Crippen LogP contribution < -0.4 is 0 Å². The molecule has 2 aromatic carbocycles. The number of benzene rings is 2. The Hall–Kier alpha value is -2.56. The lowest BCUT2D eigenvalue weighted by Crippen LogP contribution is -1.74. The van der Waals surface area contributed by atoms with Gasteiger partial charge in [-0.3, -0.25) is 0 Å². The average Bonchev–Trinajstić information content (AvgIpc) is 2.67. The molecule has 1 heterocycles. The molecule has 5 heteroatoms. The number of fused-ring (bicyclic) bond motifs is 3. The van der Waals surface area contributed by atoms with E-state index in [9.17, 15) is 20.4 Å². The van der Waals surface area contributed by atoms with Gasteiger partial charge in [-0.15, -0.1) is 0 Å². The van der Waals surface area contributed by atoms with Gasteiger partial charge in [-0.05, 0) is 12.1 Å². The summed E-state index contributed by atoms with van der Waals surface area (Å²) in [6, 6.07) is 6.24. The Labute approximate surface area is 95.2 Å². The largest absolute Gasteiger partial charge is 0.506 e. The molecular weight excluding hydrogens is 222 g/mol. The second-order valence-electron chi connectivity index (χ2n) is 3.84. The fourth-order valence-corrected chi connectivity index (χ4v) is 2.00. The highest BCUT2D eigenvalue weighted by molar-refractivity contribution is 6.12. The number of aromatic nitrogens is 1. The molecule has 0 aliphatic carbocycles. The van der Waals surface area contributed by atoms with Crippen LogP contribution in [0.4, 0.5) is 0 Å². The molecule has 17 heavy (non-hydrogen) atoms. The van der Waals surface area contributed by atoms with Crippen molar-refractivity contribution in [1.82, 2.24) is 4.98 Å². The molecule has 1 aromatic heterocycles. The molecule has 0 atom stereocenters. The van der Waals surface area contributed by atoms with Crippen molar-refractivity contribution >= 4 is 21.8 Å². The zero-order valence-corrected chi connectivity index (χ0v) is 8.60. The summed E-state index contributed by atoms with van der Waals surface area (Å²) in [4.78, 5) is 2.81. The molecule has 86 valence electrons. The predicted octanol–water partition coefficient (Wildman–Crippen LogP) is 2.14. The van der Waals surface area contributed by atoms with Gasteiger partial charge >= 0.3 is 0 Å². The van der Waals surface area contributed by atoms with E-state index < -0.39 is 17.2 Å². The molecule has 0 saturated heterocycles. The lowest BCUT2D eigenvalue weighted by molar-refractivity contribution is 0.371. The van der Waals surface area contributed by atoms with Crippen molar-refractivity contribution in [2.24, 2.45) is 0 Å². The third-order valence-electron chi connectivity index (χ3n) is 2.84. The molecular formula is C12H9NO4. The van der Waals surface area contributed by atoms with Crippen molar-refractivity contribution in [3.63, 3.8) is 0 Å². The van der Waals surface area contributed by atoms with E-state index in [1.165, 1.54) is 12.1 Å². The highest BCUT2D eigenvalue weighted by Gasteiger charge is 2.16. The quantitative estimate of drug-likeness (QED) is 0.383. The van der Waals surface area contributed by atoms with Crippen LogP contribution in [0.2, 0.25) is 0 Å². The van der Waals surface area contributed by atoms with Crippen molar-refractivity contribution < 1.29 is 20.4 Å². The minimum atomic E-state index is -0.580. The van der Waals surface area contributed by atoms with Gasteiger partial charge in [-0.25, -0.2) is 0 Å². The SMILES string of the molecule is Oc1cc2c([nH]c3c(O)cccc32)c(O)c1O. The van der Waals surface area contributed by atoms with E-state index in [0.717, 1.165) is 0 Å². The molecule has 0 bridgehead atoms. The fourth-order valence-electron chi connectivity index (χ4n) is 2.00. The van der Waals surface area contributed by atoms with Crippen LogP contribution in [0.5, 0.6) is 23.0 Å². The van der Waals surface area contributed by atoms with E-state index >= 15 is 0 Å². The number of hydrogen-bond acceptors (Lipinski definition) is 4. The Bertz CT molecular complexity index is 745. The summed E-state index contributed by atoms with van der Waals surface area (Å²) in [6.45, 7) is 0. The Morgan fingerprint density at radius 1 is 0.765 bits per heavy atom. The van der Waals surface area contributed by atoms with Gasteiger partial charge in [-0.2, -0.15) is 0 Å². The maximum Gasteiger partial charge on any atom is 0.202 e. The molecule has 0 unspecified atom stereocenters. The van der Waals surface area contributed by atoms with E-state index in [-0.39, 0.29) is 11.3 Å². The average molecular weight is 231 g/mol. The number of phenols is 4. The second kappa shape index (κ2) is 2.98. The van der Waals surface area contributed by atoms with Crippen LogP contribution in [0.25, 0.3) is 21.8 Å². The highest BCUT2D eigenvalue weighted by Crippen LogP contribution is 2.44. The smallest absolute Gasteiger partial charge is 0.202 e. The van der Waals surface area contributed by atoms with E-state index in [1.807, 2.05) is 0 Å². The number of phenolic OH excluding ortho intramolecular Hbond substituents is 4. The van der Waals surface area contributed by atoms with Crippen LogP contribution in [0, 0.1) is 0 Å². The van der Waals surface area contributed by atoms with Crippen molar-refractivity contribution in [2.45, 2.75) is 0 Å². The Kier molecular flexibility index (Phi) is 1.69. The molecule has 0 spiro atoms. The maximum absolute atomic E-state index is 9.71. The number of para-hydroxylation sites is 1. The lowest BCUT2D eigenvalue weighted by Gasteiger charge is -2.01. The van der Waals surface area contributed by atoms with Gasteiger partial charge in [0.15, 0.2) is 11.5 Å². The summed E-state index contributed by atoms with van der Waals surface area (Å²) >= 11 is 0. The third-order valence-corrected chi connectivity index (χ3v) is 2.84. The minimum Gasteiger partial charge on any atom is -0.506 e. The molecule has 3 rings (SSSR count). The normalized spacial score (nSPS) is 11.3. The molecule has 0 saturated carbocycles. The van der Waals surface area contributed by atoms with E-state index in [1.54, 1.807) is 12.1 Å². The zero-order valence-electron chi connectivity index (χ0n) is 8.60. The zero-order chi connectivity index (χ0) is 12.2. The molecule has 0 fully saturated rings. The number of nitrogens with one attached hydrogen (secondary N) is 1. The van der Waals surface area contributed by atoms with Crippen LogP contribution >= 0.6 is 0 Å². The number of aromatic amines is 1. The summed E-state index contributed by atoms with van der Waals surface area (Å²) in [5.74, 6) is -1.38. The number of rotatable bonds is 0. The summed E-state index contributed by atoms with van der Waals surface area (Å²) < 4.78 is 0. The van der Waals surface area contributed by atoms with Crippen LogP contribution in [-0.4, -0.2) is 25.4 Å². The third kappa shape index (κ3) is 1.13. The van der Waals surface area contributed by atoms with Crippen LogP contribution in [-0.2, 0) is 0 Å². The first kappa shape index (κ1) is 9.65. The Balaban J connectivity index is 2.61. The summed E-state index contributed by atoms with van der Waals surface area (Å²) in [6.07, 6.45) is 0. The first-order chi connectivity index (χ1) is 8.09. The molecule has 3 aromatic rings. The molecule has 0 radical (unpaired) electrons. The van der Waals surface area contributed by atoms with Gasteiger partial charge in [0, 0.05) is 10.8 Å². The van der Waals surface area contributed by atoms with Crippen molar-refractivity contribution in [2.75, 3.05) is 0 Å². The summed E-state index contributed by atoms with van der Waals surface area (Å²) in [7, 11) is 0. The minimum absolute atomic E-state index is 0.0390. The van der Waals surface area contributed by atoms with Crippen LogP contribution in [0.3, 0.4) is 0 Å². The van der Waals surface area contributed by atoms with E-state index in [2.05, 4.69) is 4.98 Å². The number of H-pyrrole nitrogens is 1.